The van der Waals surface area contributed by atoms with Gasteiger partial charge in [0, 0.05) is 31.1 Å². The molecule has 0 aliphatic carbocycles. The van der Waals surface area contributed by atoms with Crippen molar-refractivity contribution in [1.29, 1.82) is 0 Å². The van der Waals surface area contributed by atoms with Crippen molar-refractivity contribution in [3.8, 4) is 0 Å². The Balaban J connectivity index is 1.85. The molecule has 2 aromatic rings. The summed E-state index contributed by atoms with van der Waals surface area (Å²) in [7, 11) is 1.70. The maximum absolute atomic E-state index is 11.7. The van der Waals surface area contributed by atoms with Gasteiger partial charge in [0.25, 0.3) is 11.6 Å². The van der Waals surface area contributed by atoms with E-state index in [-0.39, 0.29) is 16.5 Å². The van der Waals surface area contributed by atoms with Crippen LogP contribution in [0.3, 0.4) is 0 Å². The highest BCUT2D eigenvalue weighted by Crippen LogP contribution is 2.15. The molecule has 0 saturated heterocycles. The van der Waals surface area contributed by atoms with Crippen molar-refractivity contribution in [1.82, 2.24) is 20.6 Å². The zero-order chi connectivity index (χ0) is 16.1. The van der Waals surface area contributed by atoms with Crippen LogP contribution in [-0.2, 0) is 7.05 Å². The monoisotopic (exact) mass is 320 g/mol. The zero-order valence-corrected chi connectivity index (χ0v) is 12.3. The number of nitro benzene ring substituents is 1. The number of nitro groups is 1. The lowest BCUT2D eigenvalue weighted by molar-refractivity contribution is -0.384. The van der Waals surface area contributed by atoms with E-state index in [1.54, 1.807) is 19.3 Å². The van der Waals surface area contributed by atoms with Gasteiger partial charge in [0.2, 0.25) is 0 Å². The van der Waals surface area contributed by atoms with Gasteiger partial charge in [-0.15, -0.1) is 0 Å². The number of nitrogens with zero attached hydrogens (tertiary/aromatic N) is 3. The quantitative estimate of drug-likeness (QED) is 0.438. The first-order valence-corrected chi connectivity index (χ1v) is 6.48. The zero-order valence-electron chi connectivity index (χ0n) is 11.4. The normalized spacial score (nSPS) is 9.86. The Hall–Kier alpha value is -3.01. The van der Waals surface area contributed by atoms with Crippen LogP contribution < -0.4 is 16.2 Å². The molecule has 2 rings (SSSR count). The number of carbonyl (C=O) groups excluding carboxylic acids is 1. The van der Waals surface area contributed by atoms with Gasteiger partial charge >= 0.3 is 0 Å². The number of hydrogen-bond donors (Lipinski definition) is 3. The van der Waals surface area contributed by atoms with Crippen molar-refractivity contribution in [2.75, 3.05) is 5.32 Å². The number of aromatic nitrogens is 2. The molecule has 1 amide bonds. The third-order valence-corrected chi connectivity index (χ3v) is 2.78. The van der Waals surface area contributed by atoms with Crippen molar-refractivity contribution in [3.63, 3.8) is 0 Å². The van der Waals surface area contributed by atoms with E-state index < -0.39 is 10.8 Å². The molecular weight excluding hydrogens is 308 g/mol. The number of carbonyl (C=O) groups is 1. The van der Waals surface area contributed by atoms with E-state index in [1.165, 1.54) is 28.9 Å². The molecule has 9 nitrogen and oxygen atoms in total. The minimum absolute atomic E-state index is 0.0205. The minimum atomic E-state index is -0.493. The Labute approximate surface area is 130 Å². The number of rotatable bonds is 3. The Morgan fingerprint density at radius 2 is 1.95 bits per heavy atom. The van der Waals surface area contributed by atoms with Gasteiger partial charge in [0.05, 0.1) is 4.92 Å². The molecule has 22 heavy (non-hydrogen) atoms. The first-order chi connectivity index (χ1) is 10.5. The van der Waals surface area contributed by atoms with E-state index in [2.05, 4.69) is 21.3 Å². The fourth-order valence-electron chi connectivity index (χ4n) is 1.54. The summed E-state index contributed by atoms with van der Waals surface area (Å²) in [4.78, 5) is 21.8. The lowest BCUT2D eigenvalue weighted by atomic mass is 10.3. The highest BCUT2D eigenvalue weighted by atomic mass is 32.1. The molecule has 114 valence electrons. The van der Waals surface area contributed by atoms with Crippen LogP contribution in [0.25, 0.3) is 0 Å². The van der Waals surface area contributed by atoms with Gasteiger partial charge < -0.3 is 5.32 Å². The molecule has 0 saturated carbocycles. The van der Waals surface area contributed by atoms with E-state index >= 15 is 0 Å². The van der Waals surface area contributed by atoms with Crippen LogP contribution in [0.4, 0.5) is 11.4 Å². The van der Waals surface area contributed by atoms with Crippen molar-refractivity contribution in [2.24, 2.45) is 7.05 Å². The van der Waals surface area contributed by atoms with Crippen LogP contribution in [-0.4, -0.2) is 25.7 Å². The molecule has 0 radical (unpaired) electrons. The summed E-state index contributed by atoms with van der Waals surface area (Å²) in [6, 6.07) is 7.26. The standard InChI is InChI=1S/C12H12N6O3S/c1-17-7-6-10(16-17)11(19)14-15-12(22)13-8-2-4-9(5-3-8)18(20)21/h2-7H,1H3,(H,14,19)(H2,13,15,22). The summed E-state index contributed by atoms with van der Waals surface area (Å²) in [5.41, 5.74) is 5.67. The average Bonchev–Trinajstić information content (AvgIpc) is 2.92. The van der Waals surface area contributed by atoms with Crippen LogP contribution in [0.15, 0.2) is 36.5 Å². The van der Waals surface area contributed by atoms with Crippen molar-refractivity contribution in [3.05, 3.63) is 52.3 Å². The molecule has 0 spiro atoms. The molecule has 3 N–H and O–H groups in total. The predicted molar refractivity (Wildman–Crippen MR) is 83.1 cm³/mol. The maximum Gasteiger partial charge on any atom is 0.290 e. The van der Waals surface area contributed by atoms with Crippen molar-refractivity contribution < 1.29 is 9.72 Å². The molecule has 10 heteroatoms. The van der Waals surface area contributed by atoms with Crippen molar-refractivity contribution in [2.45, 2.75) is 0 Å². The average molecular weight is 320 g/mol. The summed E-state index contributed by atoms with van der Waals surface area (Å²) in [5.74, 6) is -0.437. The first-order valence-electron chi connectivity index (χ1n) is 6.07. The number of nitrogens with one attached hydrogen (secondary N) is 3. The molecule has 1 heterocycles. The maximum atomic E-state index is 11.7. The number of hydrogen-bond acceptors (Lipinski definition) is 5. The summed E-state index contributed by atoms with van der Waals surface area (Å²) < 4.78 is 1.50. The molecule has 0 fully saturated rings. The number of benzene rings is 1. The smallest absolute Gasteiger partial charge is 0.290 e. The van der Waals surface area contributed by atoms with Gasteiger partial charge in [-0.2, -0.15) is 5.10 Å². The summed E-state index contributed by atoms with van der Waals surface area (Å²) in [6.45, 7) is 0. The van der Waals surface area contributed by atoms with Crippen LogP contribution in [0, 0.1) is 10.1 Å². The number of non-ortho nitro benzene ring substituents is 1. The molecule has 0 atom stereocenters. The second-order valence-electron chi connectivity index (χ2n) is 4.21. The van der Waals surface area contributed by atoms with E-state index in [4.69, 9.17) is 12.2 Å². The highest BCUT2D eigenvalue weighted by molar-refractivity contribution is 7.80. The number of aryl methyl sites for hydroxylation is 1. The van der Waals surface area contributed by atoms with Gasteiger partial charge in [-0.25, -0.2) is 0 Å². The lowest BCUT2D eigenvalue weighted by Crippen LogP contribution is -2.43. The van der Waals surface area contributed by atoms with Gasteiger partial charge in [-0.05, 0) is 30.4 Å². The summed E-state index contributed by atoms with van der Waals surface area (Å²) >= 11 is 5.00. The molecular formula is C12H12N6O3S. The fraction of sp³-hybridized carbons (Fsp3) is 0.0833. The Morgan fingerprint density at radius 1 is 1.27 bits per heavy atom. The highest BCUT2D eigenvalue weighted by Gasteiger charge is 2.09. The number of hydrazine groups is 1. The largest absolute Gasteiger partial charge is 0.331 e. The summed E-state index contributed by atoms with van der Waals surface area (Å²) in [5, 5.41) is 17.4. The Kier molecular flexibility index (Phi) is 4.63. The van der Waals surface area contributed by atoms with Crippen molar-refractivity contribution >= 4 is 34.6 Å². The van der Waals surface area contributed by atoms with E-state index in [1.807, 2.05) is 0 Å². The molecule has 0 aliphatic rings. The second-order valence-corrected chi connectivity index (χ2v) is 4.62. The second kappa shape index (κ2) is 6.63. The minimum Gasteiger partial charge on any atom is -0.331 e. The first kappa shape index (κ1) is 15.4. The van der Waals surface area contributed by atoms with Crippen LogP contribution in [0.2, 0.25) is 0 Å². The predicted octanol–water partition coefficient (Wildman–Crippen LogP) is 0.960. The van der Waals surface area contributed by atoms with E-state index in [9.17, 15) is 14.9 Å². The number of thiocarbonyl (C=S) groups is 1. The third kappa shape index (κ3) is 3.99. The fourth-order valence-corrected chi connectivity index (χ4v) is 1.71. The Morgan fingerprint density at radius 3 is 2.50 bits per heavy atom. The molecule has 1 aromatic heterocycles. The topological polar surface area (TPSA) is 114 Å². The molecule has 0 bridgehead atoms. The lowest BCUT2D eigenvalue weighted by Gasteiger charge is -2.10. The van der Waals surface area contributed by atoms with Gasteiger partial charge in [-0.1, -0.05) is 0 Å². The molecule has 0 aliphatic heterocycles. The summed E-state index contributed by atoms with van der Waals surface area (Å²) in [6.07, 6.45) is 1.64. The van der Waals surface area contributed by atoms with E-state index in [0.717, 1.165) is 0 Å². The van der Waals surface area contributed by atoms with Gasteiger partial charge in [0.1, 0.15) is 0 Å². The number of anilines is 1. The SMILES string of the molecule is Cn1ccc(C(=O)NNC(=S)Nc2ccc([N+](=O)[O-])cc2)n1. The number of amides is 1. The molecule has 1 aromatic carbocycles. The van der Waals surface area contributed by atoms with Crippen LogP contribution in [0.5, 0.6) is 0 Å². The van der Waals surface area contributed by atoms with Gasteiger partial charge in [0.15, 0.2) is 10.8 Å². The third-order valence-electron chi connectivity index (χ3n) is 2.57. The van der Waals surface area contributed by atoms with Crippen LogP contribution in [0.1, 0.15) is 10.5 Å². The van der Waals surface area contributed by atoms with Gasteiger partial charge in [-0.3, -0.25) is 30.4 Å². The van der Waals surface area contributed by atoms with Crippen LogP contribution >= 0.6 is 12.2 Å². The molecule has 0 unspecified atom stereocenters. The van der Waals surface area contributed by atoms with E-state index in [0.29, 0.717) is 5.69 Å². The Bertz CT molecular complexity index is 712.